The van der Waals surface area contributed by atoms with Gasteiger partial charge in [0.2, 0.25) is 5.88 Å². The third kappa shape index (κ3) is 3.92. The van der Waals surface area contributed by atoms with Gasteiger partial charge in [0.05, 0.1) is 6.20 Å². The van der Waals surface area contributed by atoms with Crippen LogP contribution in [0.4, 0.5) is 13.2 Å². The molecule has 1 aromatic heterocycles. The van der Waals surface area contributed by atoms with Gasteiger partial charge in [-0.25, -0.2) is 0 Å². The molecule has 0 bridgehead atoms. The second-order valence-corrected chi connectivity index (χ2v) is 4.79. The average Bonchev–Trinajstić information content (AvgIpc) is 2.72. The van der Waals surface area contributed by atoms with Gasteiger partial charge in [0.15, 0.2) is 0 Å². The molecular formula is C11H8F3IN2O3. The van der Waals surface area contributed by atoms with Crippen molar-refractivity contribution in [2.24, 2.45) is 0 Å². The summed E-state index contributed by atoms with van der Waals surface area (Å²) in [5, 5.41) is 12.5. The van der Waals surface area contributed by atoms with Gasteiger partial charge in [-0.15, -0.1) is 18.0 Å². The maximum absolute atomic E-state index is 12.3. The summed E-state index contributed by atoms with van der Waals surface area (Å²) in [5.74, 6) is -0.238. The highest BCUT2D eigenvalue weighted by Crippen LogP contribution is 2.30. The van der Waals surface area contributed by atoms with Crippen LogP contribution in [0.2, 0.25) is 0 Å². The van der Waals surface area contributed by atoms with Crippen molar-refractivity contribution in [1.29, 1.82) is 0 Å². The lowest BCUT2D eigenvalue weighted by Crippen LogP contribution is -2.18. The van der Waals surface area contributed by atoms with Crippen LogP contribution in [0.1, 0.15) is 5.56 Å². The largest absolute Gasteiger partial charge is 0.573 e. The molecule has 1 aromatic carbocycles. The standard InChI is InChI=1S/C11H8F3IN2O3/c12-11(13,14)20-9-3-1-2-8(15)7(9)6-19-10-4-5-17(18)16-10/h1-5,18H,6H2. The lowest BCUT2D eigenvalue weighted by atomic mass is 10.2. The number of nitrogens with zero attached hydrogens (tertiary/aromatic N) is 2. The van der Waals surface area contributed by atoms with E-state index in [0.29, 0.717) is 8.42 Å². The molecule has 2 rings (SSSR count). The molecule has 0 spiro atoms. The Morgan fingerprint density at radius 1 is 1.30 bits per heavy atom. The first-order chi connectivity index (χ1) is 9.35. The van der Waals surface area contributed by atoms with Crippen LogP contribution in [-0.2, 0) is 6.61 Å². The topological polar surface area (TPSA) is 56.5 Å². The Morgan fingerprint density at radius 2 is 2.05 bits per heavy atom. The van der Waals surface area contributed by atoms with Crippen molar-refractivity contribution < 1.29 is 27.9 Å². The van der Waals surface area contributed by atoms with Crippen molar-refractivity contribution in [2.45, 2.75) is 13.0 Å². The van der Waals surface area contributed by atoms with Crippen molar-refractivity contribution in [1.82, 2.24) is 9.94 Å². The van der Waals surface area contributed by atoms with Crippen molar-refractivity contribution >= 4 is 22.6 Å². The van der Waals surface area contributed by atoms with Crippen LogP contribution >= 0.6 is 22.6 Å². The fourth-order valence-electron chi connectivity index (χ4n) is 1.42. The molecule has 0 saturated heterocycles. The maximum atomic E-state index is 12.3. The number of hydrogen-bond donors (Lipinski definition) is 1. The molecule has 108 valence electrons. The molecule has 0 atom stereocenters. The molecule has 0 aliphatic rings. The molecule has 20 heavy (non-hydrogen) atoms. The normalized spacial score (nSPS) is 11.4. The third-order valence-corrected chi connectivity index (χ3v) is 3.23. The molecule has 0 aliphatic heterocycles. The fraction of sp³-hybridized carbons (Fsp3) is 0.182. The monoisotopic (exact) mass is 400 g/mol. The van der Waals surface area contributed by atoms with Gasteiger partial charge in [0.1, 0.15) is 12.4 Å². The van der Waals surface area contributed by atoms with E-state index in [1.54, 1.807) is 6.07 Å². The number of ether oxygens (including phenoxy) is 2. The summed E-state index contributed by atoms with van der Waals surface area (Å²) in [4.78, 5) is 0.540. The minimum atomic E-state index is -4.77. The zero-order valence-electron chi connectivity index (χ0n) is 9.76. The van der Waals surface area contributed by atoms with Gasteiger partial charge in [0, 0.05) is 15.2 Å². The third-order valence-electron chi connectivity index (χ3n) is 2.22. The molecule has 2 aromatic rings. The SMILES string of the molecule is On1ccc(OCc2c(I)cccc2OC(F)(F)F)n1. The van der Waals surface area contributed by atoms with Gasteiger partial charge >= 0.3 is 6.36 Å². The van der Waals surface area contributed by atoms with Crippen molar-refractivity contribution in [2.75, 3.05) is 0 Å². The van der Waals surface area contributed by atoms with E-state index in [4.69, 9.17) is 9.94 Å². The van der Waals surface area contributed by atoms with Gasteiger partial charge in [-0.2, -0.15) is 0 Å². The van der Waals surface area contributed by atoms with E-state index in [1.165, 1.54) is 24.4 Å². The van der Waals surface area contributed by atoms with Crippen LogP contribution in [0, 0.1) is 3.57 Å². The molecule has 0 aliphatic carbocycles. The Kier molecular flexibility index (Phi) is 4.26. The Hall–Kier alpha value is -1.65. The van der Waals surface area contributed by atoms with Crippen LogP contribution in [0.5, 0.6) is 11.6 Å². The van der Waals surface area contributed by atoms with E-state index >= 15 is 0 Å². The second kappa shape index (κ2) is 5.77. The minimum absolute atomic E-state index is 0.0881. The van der Waals surface area contributed by atoms with Gasteiger partial charge < -0.3 is 14.7 Å². The number of benzene rings is 1. The second-order valence-electron chi connectivity index (χ2n) is 3.63. The highest BCUT2D eigenvalue weighted by Gasteiger charge is 2.32. The highest BCUT2D eigenvalue weighted by molar-refractivity contribution is 14.1. The van der Waals surface area contributed by atoms with Crippen molar-refractivity contribution in [3.63, 3.8) is 0 Å². The highest BCUT2D eigenvalue weighted by atomic mass is 127. The van der Waals surface area contributed by atoms with Crippen molar-refractivity contribution in [3.8, 4) is 11.6 Å². The molecule has 5 nitrogen and oxygen atoms in total. The smallest absolute Gasteiger partial charge is 0.471 e. The van der Waals surface area contributed by atoms with Crippen LogP contribution in [-0.4, -0.2) is 21.5 Å². The number of aromatic nitrogens is 2. The Balaban J connectivity index is 2.17. The Bertz CT molecular complexity index is 601. The number of alkyl halides is 3. The zero-order chi connectivity index (χ0) is 14.8. The first kappa shape index (κ1) is 14.8. The number of rotatable bonds is 4. The van der Waals surface area contributed by atoms with E-state index in [2.05, 4.69) is 9.84 Å². The van der Waals surface area contributed by atoms with Crippen molar-refractivity contribution in [3.05, 3.63) is 39.6 Å². The fourth-order valence-corrected chi connectivity index (χ4v) is 2.05. The summed E-state index contributed by atoms with van der Waals surface area (Å²) >= 11 is 1.88. The first-order valence-electron chi connectivity index (χ1n) is 5.26. The van der Waals surface area contributed by atoms with Gasteiger partial charge in [-0.05, 0) is 34.7 Å². The molecular weight excluding hydrogens is 392 g/mol. The summed E-state index contributed by atoms with van der Waals surface area (Å²) in [6.07, 6.45) is -3.54. The molecule has 0 unspecified atom stereocenters. The predicted octanol–water partition coefficient (Wildman–Crippen LogP) is 3.20. The first-order valence-corrected chi connectivity index (χ1v) is 6.34. The summed E-state index contributed by atoms with van der Waals surface area (Å²) < 4.78 is 46.6. The minimum Gasteiger partial charge on any atom is -0.471 e. The number of hydrogen-bond acceptors (Lipinski definition) is 4. The van der Waals surface area contributed by atoms with Gasteiger partial charge in [-0.3, -0.25) is 0 Å². The van der Waals surface area contributed by atoms with E-state index in [0.717, 1.165) is 0 Å². The molecule has 0 saturated carbocycles. The molecule has 9 heteroatoms. The molecule has 0 amide bonds. The van der Waals surface area contributed by atoms with E-state index in [9.17, 15) is 13.2 Å². The molecule has 0 fully saturated rings. The maximum Gasteiger partial charge on any atom is 0.573 e. The van der Waals surface area contributed by atoms with Crippen LogP contribution in [0.15, 0.2) is 30.5 Å². The predicted molar refractivity (Wildman–Crippen MR) is 69.6 cm³/mol. The van der Waals surface area contributed by atoms with Gasteiger partial charge in [-0.1, -0.05) is 11.2 Å². The lowest BCUT2D eigenvalue weighted by molar-refractivity contribution is -0.275. The Labute approximate surface area is 125 Å². The molecule has 1 N–H and O–H groups in total. The summed E-state index contributed by atoms with van der Waals surface area (Å²) in [6, 6.07) is 5.67. The summed E-state index contributed by atoms with van der Waals surface area (Å²) in [7, 11) is 0. The van der Waals surface area contributed by atoms with Crippen LogP contribution < -0.4 is 9.47 Å². The van der Waals surface area contributed by atoms with Crippen LogP contribution in [0.25, 0.3) is 0 Å². The summed E-state index contributed by atoms with van der Waals surface area (Å²) in [6.45, 7) is -0.165. The molecule has 0 radical (unpaired) electrons. The van der Waals surface area contributed by atoms with E-state index < -0.39 is 6.36 Å². The zero-order valence-corrected chi connectivity index (χ0v) is 11.9. The van der Waals surface area contributed by atoms with E-state index in [-0.39, 0.29) is 23.8 Å². The number of halogens is 4. The summed E-state index contributed by atoms with van der Waals surface area (Å²) in [5.41, 5.74) is 0.248. The average molecular weight is 400 g/mol. The van der Waals surface area contributed by atoms with E-state index in [1.807, 2.05) is 22.6 Å². The molecule has 1 heterocycles. The lowest BCUT2D eigenvalue weighted by Gasteiger charge is -2.14. The quantitative estimate of drug-likeness (QED) is 0.633. The van der Waals surface area contributed by atoms with Gasteiger partial charge in [0.25, 0.3) is 0 Å². The Morgan fingerprint density at radius 3 is 2.65 bits per heavy atom. The van der Waals surface area contributed by atoms with Crippen LogP contribution in [0.3, 0.4) is 0 Å².